The van der Waals surface area contributed by atoms with Gasteiger partial charge in [-0.15, -0.1) is 0 Å². The third-order valence-electron chi connectivity index (χ3n) is 8.94. The molecule has 0 aliphatic heterocycles. The van der Waals surface area contributed by atoms with Crippen LogP contribution in [0.1, 0.15) is 64.3 Å². The molecule has 2 aliphatic carbocycles. The predicted molar refractivity (Wildman–Crippen MR) is 181 cm³/mol. The summed E-state index contributed by atoms with van der Waals surface area (Å²) in [7, 11) is 0. The van der Waals surface area contributed by atoms with Crippen LogP contribution in [-0.2, 0) is 14.1 Å². The average Bonchev–Trinajstić information content (AvgIpc) is 3.68. The van der Waals surface area contributed by atoms with Crippen LogP contribution < -0.4 is 0 Å². The van der Waals surface area contributed by atoms with Crippen LogP contribution in [0.2, 0.25) is 0 Å². The summed E-state index contributed by atoms with van der Waals surface area (Å²) >= 11 is 0.916. The van der Waals surface area contributed by atoms with Crippen molar-refractivity contribution in [2.75, 3.05) is 0 Å². The minimum absolute atomic E-state index is 0.358. The Hall–Kier alpha value is -4.16. The minimum Gasteiger partial charge on any atom is -0.0622 e. The van der Waals surface area contributed by atoms with E-state index in [2.05, 4.69) is 182 Å². The molecule has 5 aromatic rings. The van der Waals surface area contributed by atoms with Gasteiger partial charge in [0.15, 0.2) is 0 Å². The van der Waals surface area contributed by atoms with E-state index in [1.807, 2.05) is 0 Å². The maximum atomic E-state index is 3.79. The molecule has 0 radical (unpaired) electrons. The Kier molecular flexibility index (Phi) is 9.34. The molecule has 43 heavy (non-hydrogen) atoms. The van der Waals surface area contributed by atoms with Gasteiger partial charge < -0.3 is 0 Å². The van der Waals surface area contributed by atoms with Gasteiger partial charge in [0, 0.05) is 0 Å². The Morgan fingerprint density at radius 2 is 0.674 bits per heavy atom. The first-order valence-corrected chi connectivity index (χ1v) is 16.4. The van der Waals surface area contributed by atoms with E-state index >= 15 is 0 Å². The summed E-state index contributed by atoms with van der Waals surface area (Å²) in [6.45, 7) is 2.11. The standard InChI is InChI=1S/C35H30.C6H6.CH2.Fe/c1-6-16-26(17-7-1)31-32(27-18-8-2-9-19-27)34(29-22-12-4-13-23-29)35(30-24-14-5-15-25-30)33(31)28-20-10-3-11-21-28;1-6-4-2-3-5-6;;/h1-25,31-35H;2-4H,1H3;1H2;. The SMILES string of the molecule is [CH2]=[Fe]=[C]1C=CC=C1C.c1ccc(C2C(c3ccccc3)C(c3ccccc3)C(c3ccccc3)C2c2ccccc2)cc1. The Bertz CT molecular complexity index is 1450. The number of hydrogen-bond acceptors (Lipinski definition) is 0. The summed E-state index contributed by atoms with van der Waals surface area (Å²) < 4.78 is 1.37. The van der Waals surface area contributed by atoms with Gasteiger partial charge in [-0.25, -0.2) is 0 Å². The number of benzene rings is 5. The molecule has 1 heteroatoms. The Morgan fingerprint density at radius 1 is 0.419 bits per heavy atom. The van der Waals surface area contributed by atoms with Crippen LogP contribution in [0.4, 0.5) is 0 Å². The average molecular weight is 599 g/mol. The smallest absolute Gasteiger partial charge is 0.00120 e. The summed E-state index contributed by atoms with van der Waals surface area (Å²) in [4.78, 5) is 0. The molecule has 0 unspecified atom stereocenters. The molecule has 0 nitrogen and oxygen atoms in total. The Morgan fingerprint density at radius 3 is 0.837 bits per heavy atom. The summed E-state index contributed by atoms with van der Waals surface area (Å²) in [5.41, 5.74) is 12.3. The second-order valence-electron chi connectivity index (χ2n) is 11.4. The van der Waals surface area contributed by atoms with Crippen LogP contribution in [0.3, 0.4) is 0 Å². The molecule has 0 N–H and O–H groups in total. The fourth-order valence-corrected chi connectivity index (χ4v) is 7.83. The van der Waals surface area contributed by atoms with E-state index in [1.165, 1.54) is 37.8 Å². The zero-order valence-corrected chi connectivity index (χ0v) is 25.7. The predicted octanol–water partition coefficient (Wildman–Crippen LogP) is 10.1. The second kappa shape index (κ2) is 13.9. The van der Waals surface area contributed by atoms with E-state index < -0.39 is 0 Å². The summed E-state index contributed by atoms with van der Waals surface area (Å²) in [5, 5.41) is 0. The zero-order chi connectivity index (χ0) is 29.4. The van der Waals surface area contributed by atoms with Crippen molar-refractivity contribution in [3.05, 3.63) is 203 Å². The minimum atomic E-state index is 0.358. The number of hydrogen-bond donors (Lipinski definition) is 0. The van der Waals surface area contributed by atoms with Crippen molar-refractivity contribution in [1.29, 1.82) is 0 Å². The zero-order valence-electron chi connectivity index (χ0n) is 24.6. The van der Waals surface area contributed by atoms with Gasteiger partial charge in [-0.2, -0.15) is 0 Å². The largest absolute Gasteiger partial charge is 0.0622 e. The van der Waals surface area contributed by atoms with Crippen LogP contribution in [0, 0.1) is 0 Å². The molecule has 7 rings (SSSR count). The fraction of sp³-hybridized carbons (Fsp3) is 0.143. The van der Waals surface area contributed by atoms with E-state index in [1.54, 1.807) is 0 Å². The van der Waals surface area contributed by atoms with E-state index in [0.29, 0.717) is 29.6 Å². The molecule has 214 valence electrons. The quantitative estimate of drug-likeness (QED) is 0.177. The summed E-state index contributed by atoms with van der Waals surface area (Å²) in [6.07, 6.45) is 6.29. The van der Waals surface area contributed by atoms with Gasteiger partial charge in [-0.3, -0.25) is 0 Å². The molecule has 1 fully saturated rings. The van der Waals surface area contributed by atoms with Crippen molar-refractivity contribution >= 4 is 9.84 Å². The third kappa shape index (κ3) is 6.30. The third-order valence-corrected chi connectivity index (χ3v) is 9.98. The molecule has 2 aliphatic rings. The van der Waals surface area contributed by atoms with Gasteiger partial charge >= 0.3 is 54.6 Å². The van der Waals surface area contributed by atoms with E-state index in [-0.39, 0.29) is 0 Å². The van der Waals surface area contributed by atoms with Crippen LogP contribution in [0.5, 0.6) is 0 Å². The van der Waals surface area contributed by atoms with Gasteiger partial charge in [0.05, 0.1) is 0 Å². The van der Waals surface area contributed by atoms with Crippen molar-refractivity contribution in [2.24, 2.45) is 0 Å². The Balaban J connectivity index is 0.000000359. The van der Waals surface area contributed by atoms with Crippen LogP contribution in [-0.4, -0.2) is 9.84 Å². The van der Waals surface area contributed by atoms with E-state index in [9.17, 15) is 0 Å². The molecule has 0 amide bonds. The fourth-order valence-electron chi connectivity index (χ4n) is 7.19. The maximum Gasteiger partial charge on any atom is -0.00120 e. The molecular formula is C42H38Fe. The summed E-state index contributed by atoms with van der Waals surface area (Å²) in [6, 6.07) is 56.1. The van der Waals surface area contributed by atoms with E-state index in [4.69, 9.17) is 0 Å². The first-order valence-electron chi connectivity index (χ1n) is 15.1. The second-order valence-corrected chi connectivity index (χ2v) is 12.3. The van der Waals surface area contributed by atoms with E-state index in [0.717, 1.165) is 14.1 Å². The molecule has 0 aromatic heterocycles. The van der Waals surface area contributed by atoms with Gasteiger partial charge in [0.1, 0.15) is 0 Å². The molecule has 0 heterocycles. The van der Waals surface area contributed by atoms with Crippen molar-refractivity contribution in [2.45, 2.75) is 36.5 Å². The topological polar surface area (TPSA) is 0 Å². The monoisotopic (exact) mass is 598 g/mol. The van der Waals surface area contributed by atoms with Gasteiger partial charge in [0.2, 0.25) is 0 Å². The molecule has 0 atom stereocenters. The van der Waals surface area contributed by atoms with Crippen molar-refractivity contribution < 1.29 is 14.1 Å². The molecule has 0 saturated heterocycles. The number of allylic oxidation sites excluding steroid dienone is 4. The first-order chi connectivity index (χ1) is 21.3. The van der Waals surface area contributed by atoms with Gasteiger partial charge in [0.25, 0.3) is 0 Å². The maximum absolute atomic E-state index is 3.79. The van der Waals surface area contributed by atoms with Gasteiger partial charge in [-0.1, -0.05) is 152 Å². The first kappa shape index (κ1) is 28.9. The summed E-state index contributed by atoms with van der Waals surface area (Å²) in [5.74, 6) is 1.79. The molecule has 5 aromatic carbocycles. The molecular weight excluding hydrogens is 560 g/mol. The van der Waals surface area contributed by atoms with Crippen LogP contribution in [0.25, 0.3) is 0 Å². The molecule has 0 spiro atoms. The van der Waals surface area contributed by atoms with Crippen LogP contribution >= 0.6 is 0 Å². The molecule has 0 bridgehead atoms. The van der Waals surface area contributed by atoms with Crippen molar-refractivity contribution in [3.8, 4) is 0 Å². The van der Waals surface area contributed by atoms with Gasteiger partial charge in [-0.05, 0) is 57.4 Å². The van der Waals surface area contributed by atoms with Crippen molar-refractivity contribution in [3.63, 3.8) is 0 Å². The number of rotatable bonds is 5. The van der Waals surface area contributed by atoms with Crippen LogP contribution in [0.15, 0.2) is 175 Å². The Labute approximate surface area is 262 Å². The van der Waals surface area contributed by atoms with Crippen molar-refractivity contribution in [1.82, 2.24) is 0 Å². The normalized spacial score (nSPS) is 22.5. The molecule has 1 saturated carbocycles.